The van der Waals surface area contributed by atoms with Crippen molar-refractivity contribution in [3.8, 4) is 0 Å². The van der Waals surface area contributed by atoms with Crippen LogP contribution < -0.4 is 5.73 Å². The zero-order chi connectivity index (χ0) is 14.3. The van der Waals surface area contributed by atoms with E-state index in [2.05, 4.69) is 0 Å². The number of carbonyl (C=O) groups is 2. The molecule has 4 nitrogen and oxygen atoms in total. The lowest BCUT2D eigenvalue weighted by Gasteiger charge is -2.26. The topological polar surface area (TPSA) is 63.4 Å². The van der Waals surface area contributed by atoms with Gasteiger partial charge in [-0.25, -0.2) is 0 Å². The van der Waals surface area contributed by atoms with Crippen LogP contribution in [0.2, 0.25) is 0 Å². The van der Waals surface area contributed by atoms with Crippen LogP contribution in [-0.4, -0.2) is 16.7 Å². The number of hydrogen-bond donors (Lipinski definition) is 1. The van der Waals surface area contributed by atoms with Crippen LogP contribution >= 0.6 is 0 Å². The van der Waals surface area contributed by atoms with Crippen LogP contribution in [0.4, 0.5) is 5.69 Å². The van der Waals surface area contributed by atoms with Crippen molar-refractivity contribution in [1.29, 1.82) is 0 Å². The van der Waals surface area contributed by atoms with Crippen molar-refractivity contribution >= 4 is 17.5 Å². The average molecular weight is 272 g/mol. The number of imide groups is 1. The Hall–Kier alpha value is -1.84. The van der Waals surface area contributed by atoms with E-state index in [1.165, 1.54) is 4.90 Å². The average Bonchev–Trinajstić information content (AvgIpc) is 2.97. The molecule has 2 N–H and O–H groups in total. The first kappa shape index (κ1) is 13.2. The first-order valence-corrected chi connectivity index (χ1v) is 7.25. The number of carbonyl (C=O) groups excluding carboxylic acids is 2. The maximum Gasteiger partial charge on any atom is 0.236 e. The lowest BCUT2D eigenvalue weighted by Crippen LogP contribution is -2.36. The third-order valence-electron chi connectivity index (χ3n) is 4.80. The molecular weight excluding hydrogens is 252 g/mol. The number of nitrogen functional groups attached to an aromatic ring is 1. The Morgan fingerprint density at radius 3 is 2.35 bits per heavy atom. The molecule has 1 heterocycles. The van der Waals surface area contributed by atoms with Gasteiger partial charge in [0.15, 0.2) is 0 Å². The molecule has 1 aromatic carbocycles. The standard InChI is InChI=1S/C16H20N2O2/c1-11(12-4-6-13(17)7-5-12)18-14(19)10-16(15(18)20)8-2-3-9-16/h4-7,11H,2-3,8-10,17H2,1H3. The Balaban J connectivity index is 1.88. The Bertz CT molecular complexity index is 544. The van der Waals surface area contributed by atoms with Gasteiger partial charge in [0.05, 0.1) is 11.5 Å². The number of hydrogen-bond acceptors (Lipinski definition) is 3. The number of anilines is 1. The van der Waals surface area contributed by atoms with Gasteiger partial charge in [0.1, 0.15) is 0 Å². The van der Waals surface area contributed by atoms with Gasteiger partial charge in [-0.15, -0.1) is 0 Å². The van der Waals surface area contributed by atoms with E-state index in [-0.39, 0.29) is 23.3 Å². The van der Waals surface area contributed by atoms with Crippen LogP contribution in [0.1, 0.15) is 50.6 Å². The summed E-state index contributed by atoms with van der Waals surface area (Å²) in [4.78, 5) is 26.5. The van der Waals surface area contributed by atoms with Gasteiger partial charge in [-0.2, -0.15) is 0 Å². The molecule has 20 heavy (non-hydrogen) atoms. The van der Waals surface area contributed by atoms with E-state index in [0.29, 0.717) is 12.1 Å². The van der Waals surface area contributed by atoms with Crippen LogP contribution in [0, 0.1) is 5.41 Å². The second-order valence-corrected chi connectivity index (χ2v) is 6.08. The van der Waals surface area contributed by atoms with Crippen LogP contribution in [0.15, 0.2) is 24.3 Å². The molecule has 2 fully saturated rings. The molecule has 1 spiro atoms. The van der Waals surface area contributed by atoms with Gasteiger partial charge in [-0.05, 0) is 37.5 Å². The summed E-state index contributed by atoms with van der Waals surface area (Å²) in [5, 5.41) is 0. The van der Waals surface area contributed by atoms with E-state index in [1.54, 1.807) is 0 Å². The maximum atomic E-state index is 12.7. The summed E-state index contributed by atoms with van der Waals surface area (Å²) in [6, 6.07) is 7.18. The SMILES string of the molecule is CC(c1ccc(N)cc1)N1C(=O)CC2(CCCC2)C1=O. The number of nitrogens with zero attached hydrogens (tertiary/aromatic N) is 1. The smallest absolute Gasteiger partial charge is 0.236 e. The maximum absolute atomic E-state index is 12.7. The van der Waals surface area contributed by atoms with Crippen molar-refractivity contribution in [1.82, 2.24) is 4.90 Å². The zero-order valence-corrected chi connectivity index (χ0v) is 11.8. The number of benzene rings is 1. The summed E-state index contributed by atoms with van der Waals surface area (Å²) in [5.74, 6) is 0.00514. The van der Waals surface area contributed by atoms with E-state index in [9.17, 15) is 9.59 Å². The lowest BCUT2D eigenvalue weighted by molar-refractivity contribution is -0.143. The Labute approximate surface area is 118 Å². The highest BCUT2D eigenvalue weighted by Crippen LogP contribution is 2.48. The largest absolute Gasteiger partial charge is 0.399 e. The highest BCUT2D eigenvalue weighted by atomic mass is 16.2. The Morgan fingerprint density at radius 1 is 1.15 bits per heavy atom. The quantitative estimate of drug-likeness (QED) is 0.665. The van der Waals surface area contributed by atoms with Crippen LogP contribution in [0.25, 0.3) is 0 Å². The van der Waals surface area contributed by atoms with E-state index in [4.69, 9.17) is 5.73 Å². The number of amides is 2. The van der Waals surface area contributed by atoms with E-state index >= 15 is 0 Å². The van der Waals surface area contributed by atoms with Gasteiger partial charge in [-0.1, -0.05) is 25.0 Å². The summed E-state index contributed by atoms with van der Waals surface area (Å²) >= 11 is 0. The highest BCUT2D eigenvalue weighted by Gasteiger charge is 2.53. The minimum Gasteiger partial charge on any atom is -0.399 e. The predicted molar refractivity (Wildman–Crippen MR) is 76.6 cm³/mol. The summed E-state index contributed by atoms with van der Waals surface area (Å²) in [6.07, 6.45) is 4.24. The van der Waals surface area contributed by atoms with Crippen molar-refractivity contribution in [2.45, 2.75) is 45.1 Å². The van der Waals surface area contributed by atoms with E-state index in [0.717, 1.165) is 31.2 Å². The van der Waals surface area contributed by atoms with Gasteiger partial charge >= 0.3 is 0 Å². The van der Waals surface area contributed by atoms with Gasteiger partial charge in [0.2, 0.25) is 11.8 Å². The summed E-state index contributed by atoms with van der Waals surface area (Å²) in [7, 11) is 0. The van der Waals surface area contributed by atoms with Crippen LogP contribution in [0.5, 0.6) is 0 Å². The molecule has 2 aliphatic rings. The Kier molecular flexibility index (Phi) is 3.04. The van der Waals surface area contributed by atoms with Crippen molar-refractivity contribution in [2.75, 3.05) is 5.73 Å². The van der Waals surface area contributed by atoms with Gasteiger partial charge in [0, 0.05) is 12.1 Å². The number of likely N-dealkylation sites (tertiary alicyclic amines) is 1. The molecule has 1 saturated heterocycles. The molecular formula is C16H20N2O2. The third-order valence-corrected chi connectivity index (χ3v) is 4.80. The summed E-state index contributed by atoms with van der Waals surface area (Å²) < 4.78 is 0. The second kappa shape index (κ2) is 4.62. The Morgan fingerprint density at radius 2 is 1.75 bits per heavy atom. The van der Waals surface area contributed by atoms with Crippen molar-refractivity contribution in [3.63, 3.8) is 0 Å². The fourth-order valence-electron chi connectivity index (χ4n) is 3.58. The number of nitrogens with two attached hydrogens (primary N) is 1. The molecule has 1 aromatic rings. The van der Waals surface area contributed by atoms with Gasteiger partial charge in [0.25, 0.3) is 0 Å². The summed E-state index contributed by atoms with van der Waals surface area (Å²) in [6.45, 7) is 1.91. The molecule has 1 aliphatic heterocycles. The molecule has 0 aromatic heterocycles. The first-order chi connectivity index (χ1) is 9.53. The van der Waals surface area contributed by atoms with Gasteiger partial charge < -0.3 is 5.73 Å². The monoisotopic (exact) mass is 272 g/mol. The second-order valence-electron chi connectivity index (χ2n) is 6.08. The minimum absolute atomic E-state index is 0.0266. The number of rotatable bonds is 2. The molecule has 3 rings (SSSR count). The molecule has 2 amide bonds. The van der Waals surface area contributed by atoms with E-state index < -0.39 is 0 Å². The van der Waals surface area contributed by atoms with E-state index in [1.807, 2.05) is 31.2 Å². The molecule has 1 unspecified atom stereocenters. The normalized spacial score (nSPS) is 22.8. The van der Waals surface area contributed by atoms with Crippen LogP contribution in [0.3, 0.4) is 0 Å². The molecule has 106 valence electrons. The molecule has 1 atom stereocenters. The first-order valence-electron chi connectivity index (χ1n) is 7.25. The van der Waals surface area contributed by atoms with Gasteiger partial charge in [-0.3, -0.25) is 14.5 Å². The molecule has 1 saturated carbocycles. The van der Waals surface area contributed by atoms with Crippen molar-refractivity contribution in [2.24, 2.45) is 5.41 Å². The molecule has 1 aliphatic carbocycles. The fraction of sp³-hybridized carbons (Fsp3) is 0.500. The van der Waals surface area contributed by atoms with Crippen molar-refractivity contribution < 1.29 is 9.59 Å². The predicted octanol–water partition coefficient (Wildman–Crippen LogP) is 2.65. The fourth-order valence-corrected chi connectivity index (χ4v) is 3.58. The molecule has 0 radical (unpaired) electrons. The highest BCUT2D eigenvalue weighted by molar-refractivity contribution is 6.06. The molecule has 4 heteroatoms. The minimum atomic E-state index is -0.390. The summed E-state index contributed by atoms with van der Waals surface area (Å²) in [5.41, 5.74) is 6.93. The lowest BCUT2D eigenvalue weighted by atomic mass is 9.84. The third kappa shape index (κ3) is 1.90. The zero-order valence-electron chi connectivity index (χ0n) is 11.8. The van der Waals surface area contributed by atoms with Crippen molar-refractivity contribution in [3.05, 3.63) is 29.8 Å². The molecule has 0 bridgehead atoms. The van der Waals surface area contributed by atoms with Crippen LogP contribution in [-0.2, 0) is 9.59 Å².